The minimum Gasteiger partial charge on any atom is -0.492 e. The molecule has 7 heteroatoms. The average molecular weight is 409 g/mol. The Morgan fingerprint density at radius 2 is 1.74 bits per heavy atom. The molecule has 2 aromatic rings. The van der Waals surface area contributed by atoms with Crippen LogP contribution in [-0.2, 0) is 4.79 Å². The second-order valence-electron chi connectivity index (χ2n) is 6.13. The summed E-state index contributed by atoms with van der Waals surface area (Å²) in [6.07, 6.45) is 0. The van der Waals surface area contributed by atoms with Crippen molar-refractivity contribution in [2.45, 2.75) is 6.92 Å². The monoisotopic (exact) mass is 408 g/mol. The number of carbonyl (C=O) groups is 1. The Labute approximate surface area is 169 Å². The van der Waals surface area contributed by atoms with Crippen molar-refractivity contribution in [3.8, 4) is 11.5 Å². The van der Waals surface area contributed by atoms with Crippen LogP contribution in [0.5, 0.6) is 11.5 Å². The van der Waals surface area contributed by atoms with E-state index in [1.807, 2.05) is 31.2 Å². The fourth-order valence-corrected chi connectivity index (χ4v) is 3.35. The van der Waals surface area contributed by atoms with Gasteiger partial charge in [-0.2, -0.15) is 0 Å². The Bertz CT molecular complexity index is 793. The number of amides is 1. The first-order valence-electron chi connectivity index (χ1n) is 8.91. The lowest BCUT2D eigenvalue weighted by atomic mass is 10.2. The summed E-state index contributed by atoms with van der Waals surface area (Å²) in [6.45, 7) is 5.29. The van der Waals surface area contributed by atoms with E-state index in [0.29, 0.717) is 35.5 Å². The van der Waals surface area contributed by atoms with Crippen LogP contribution in [0.1, 0.15) is 6.92 Å². The topological polar surface area (TPSA) is 42.0 Å². The number of para-hydroxylation sites is 2. The molecule has 0 unspecified atom stereocenters. The van der Waals surface area contributed by atoms with E-state index >= 15 is 0 Å². The second kappa shape index (κ2) is 9.20. The van der Waals surface area contributed by atoms with Crippen molar-refractivity contribution in [3.63, 3.8) is 0 Å². The third-order valence-electron chi connectivity index (χ3n) is 4.38. The first kappa shape index (κ1) is 19.6. The van der Waals surface area contributed by atoms with Gasteiger partial charge in [0.2, 0.25) is 0 Å². The van der Waals surface area contributed by atoms with Gasteiger partial charge in [-0.25, -0.2) is 0 Å². The maximum absolute atomic E-state index is 12.5. The number of hydrogen-bond acceptors (Lipinski definition) is 4. The minimum absolute atomic E-state index is 0.0599. The van der Waals surface area contributed by atoms with Crippen molar-refractivity contribution in [1.29, 1.82) is 0 Å². The largest absolute Gasteiger partial charge is 0.492 e. The van der Waals surface area contributed by atoms with Crippen molar-refractivity contribution in [2.24, 2.45) is 0 Å². The van der Waals surface area contributed by atoms with Gasteiger partial charge in [0.1, 0.15) is 11.5 Å². The summed E-state index contributed by atoms with van der Waals surface area (Å²) < 4.78 is 11.3. The van der Waals surface area contributed by atoms with E-state index < -0.39 is 0 Å². The van der Waals surface area contributed by atoms with Crippen molar-refractivity contribution < 1.29 is 14.3 Å². The quantitative estimate of drug-likeness (QED) is 0.720. The molecule has 1 aliphatic heterocycles. The van der Waals surface area contributed by atoms with Gasteiger partial charge < -0.3 is 19.3 Å². The summed E-state index contributed by atoms with van der Waals surface area (Å²) >= 11 is 12.0. The smallest absolute Gasteiger partial charge is 0.260 e. The van der Waals surface area contributed by atoms with Crippen molar-refractivity contribution >= 4 is 34.8 Å². The molecule has 1 amide bonds. The van der Waals surface area contributed by atoms with Crippen molar-refractivity contribution in [1.82, 2.24) is 4.90 Å². The number of rotatable bonds is 6. The zero-order valence-electron chi connectivity index (χ0n) is 15.2. The number of carbonyl (C=O) groups excluding carboxylic acids is 1. The maximum atomic E-state index is 12.5. The van der Waals surface area contributed by atoms with Gasteiger partial charge in [0.05, 0.1) is 17.3 Å². The maximum Gasteiger partial charge on any atom is 0.260 e. The molecule has 27 heavy (non-hydrogen) atoms. The van der Waals surface area contributed by atoms with Gasteiger partial charge in [-0.3, -0.25) is 4.79 Å². The molecule has 1 heterocycles. The molecule has 0 saturated carbocycles. The molecule has 0 radical (unpaired) electrons. The van der Waals surface area contributed by atoms with Gasteiger partial charge in [-0.15, -0.1) is 0 Å². The molecule has 0 aliphatic carbocycles. The molecule has 0 atom stereocenters. The van der Waals surface area contributed by atoms with Crippen molar-refractivity contribution in [3.05, 3.63) is 52.5 Å². The summed E-state index contributed by atoms with van der Waals surface area (Å²) in [4.78, 5) is 16.5. The number of nitrogens with zero attached hydrogens (tertiary/aromatic N) is 2. The molecule has 0 spiro atoms. The standard InChI is InChI=1S/C20H22Cl2N2O3/c1-2-26-18-6-4-3-5-17(18)23-9-11-24(12-10-23)20(25)14-27-19-13-15(21)7-8-16(19)22/h3-8,13H,2,9-12,14H2,1H3. The first-order valence-corrected chi connectivity index (χ1v) is 9.66. The lowest BCUT2D eigenvalue weighted by molar-refractivity contribution is -0.133. The predicted molar refractivity (Wildman–Crippen MR) is 108 cm³/mol. The minimum atomic E-state index is -0.0659. The molecule has 5 nitrogen and oxygen atoms in total. The zero-order chi connectivity index (χ0) is 19.2. The van der Waals surface area contributed by atoms with E-state index in [9.17, 15) is 4.79 Å². The molecule has 144 valence electrons. The SMILES string of the molecule is CCOc1ccccc1N1CCN(C(=O)COc2cc(Cl)ccc2Cl)CC1. The number of ether oxygens (including phenoxy) is 2. The van der Waals surface area contributed by atoms with E-state index in [4.69, 9.17) is 32.7 Å². The molecule has 1 saturated heterocycles. The summed E-state index contributed by atoms with van der Waals surface area (Å²) in [5.41, 5.74) is 1.06. The third-order valence-corrected chi connectivity index (χ3v) is 4.93. The Morgan fingerprint density at radius 1 is 1.00 bits per heavy atom. The molecule has 2 aromatic carbocycles. The molecular weight excluding hydrogens is 387 g/mol. The fourth-order valence-electron chi connectivity index (χ4n) is 3.01. The van der Waals surface area contributed by atoms with Crippen LogP contribution in [0.2, 0.25) is 10.0 Å². The number of benzene rings is 2. The Balaban J connectivity index is 1.54. The van der Waals surface area contributed by atoms with E-state index in [1.165, 1.54) is 0 Å². The molecular formula is C20H22Cl2N2O3. The van der Waals surface area contributed by atoms with Crippen LogP contribution in [-0.4, -0.2) is 50.2 Å². The lowest BCUT2D eigenvalue weighted by Crippen LogP contribution is -2.50. The molecule has 1 aliphatic rings. The third kappa shape index (κ3) is 4.99. The highest BCUT2D eigenvalue weighted by Gasteiger charge is 2.23. The second-order valence-corrected chi connectivity index (χ2v) is 6.98. The number of hydrogen-bond donors (Lipinski definition) is 0. The number of piperazine rings is 1. The molecule has 0 N–H and O–H groups in total. The number of halogens is 2. The van der Waals surface area contributed by atoms with Gasteiger partial charge in [-0.05, 0) is 31.2 Å². The Kier molecular flexibility index (Phi) is 6.69. The summed E-state index contributed by atoms with van der Waals surface area (Å²) in [5, 5.41) is 0.952. The van der Waals surface area contributed by atoms with E-state index in [0.717, 1.165) is 24.5 Å². The van der Waals surface area contributed by atoms with Crippen LogP contribution >= 0.6 is 23.2 Å². The van der Waals surface area contributed by atoms with Crippen molar-refractivity contribution in [2.75, 3.05) is 44.3 Å². The highest BCUT2D eigenvalue weighted by molar-refractivity contribution is 6.34. The van der Waals surface area contributed by atoms with Crippen LogP contribution in [0.4, 0.5) is 5.69 Å². The summed E-state index contributed by atoms with van der Waals surface area (Å²) in [6, 6.07) is 12.9. The van der Waals surface area contributed by atoms with Gasteiger partial charge >= 0.3 is 0 Å². The predicted octanol–water partition coefficient (Wildman–Crippen LogP) is 4.12. The first-order chi connectivity index (χ1) is 13.1. The van der Waals surface area contributed by atoms with Gasteiger partial charge in [0.25, 0.3) is 5.91 Å². The highest BCUT2D eigenvalue weighted by atomic mass is 35.5. The normalized spacial score (nSPS) is 14.2. The van der Waals surface area contributed by atoms with Crippen LogP contribution in [0.3, 0.4) is 0 Å². The Morgan fingerprint density at radius 3 is 2.48 bits per heavy atom. The molecule has 3 rings (SSSR count). The van der Waals surface area contributed by atoms with Crippen LogP contribution < -0.4 is 14.4 Å². The van der Waals surface area contributed by atoms with E-state index in [2.05, 4.69) is 4.90 Å². The van der Waals surface area contributed by atoms with Crippen LogP contribution in [0.25, 0.3) is 0 Å². The molecule has 1 fully saturated rings. The summed E-state index contributed by atoms with van der Waals surface area (Å²) in [5.74, 6) is 1.23. The van der Waals surface area contributed by atoms with Gasteiger partial charge in [-0.1, -0.05) is 35.3 Å². The lowest BCUT2D eigenvalue weighted by Gasteiger charge is -2.36. The van der Waals surface area contributed by atoms with Gasteiger partial charge in [0, 0.05) is 37.3 Å². The molecule has 0 aromatic heterocycles. The average Bonchev–Trinajstić information content (AvgIpc) is 2.69. The van der Waals surface area contributed by atoms with E-state index in [-0.39, 0.29) is 12.5 Å². The molecule has 0 bridgehead atoms. The van der Waals surface area contributed by atoms with E-state index in [1.54, 1.807) is 23.1 Å². The summed E-state index contributed by atoms with van der Waals surface area (Å²) in [7, 11) is 0. The Hall–Kier alpha value is -2.11. The zero-order valence-corrected chi connectivity index (χ0v) is 16.7. The van der Waals surface area contributed by atoms with Gasteiger partial charge in [0.15, 0.2) is 6.61 Å². The number of anilines is 1. The highest BCUT2D eigenvalue weighted by Crippen LogP contribution is 2.29. The van der Waals surface area contributed by atoms with Crippen LogP contribution in [0, 0.1) is 0 Å². The fraction of sp³-hybridized carbons (Fsp3) is 0.350. The van der Waals surface area contributed by atoms with Crippen LogP contribution in [0.15, 0.2) is 42.5 Å².